The van der Waals surface area contributed by atoms with Gasteiger partial charge in [0.1, 0.15) is 6.17 Å². The Kier molecular flexibility index (Phi) is 4.36. The maximum Gasteiger partial charge on any atom is 0.241 e. The summed E-state index contributed by atoms with van der Waals surface area (Å²) in [6.07, 6.45) is 1.76. The fourth-order valence-electron chi connectivity index (χ4n) is 2.84. The molecular formula is C17H20N2OS. The van der Waals surface area contributed by atoms with E-state index in [2.05, 4.69) is 35.8 Å². The third kappa shape index (κ3) is 3.01. The lowest BCUT2D eigenvalue weighted by Crippen LogP contribution is -2.32. The van der Waals surface area contributed by atoms with Crippen molar-refractivity contribution in [2.75, 3.05) is 6.54 Å². The van der Waals surface area contributed by atoms with Crippen LogP contribution in [0.15, 0.2) is 47.8 Å². The zero-order valence-electron chi connectivity index (χ0n) is 12.2. The number of rotatable bonds is 5. The maximum absolute atomic E-state index is 12.7. The van der Waals surface area contributed by atoms with Gasteiger partial charge in [-0.2, -0.15) is 0 Å². The quantitative estimate of drug-likeness (QED) is 0.919. The Labute approximate surface area is 129 Å². The van der Waals surface area contributed by atoms with Crippen molar-refractivity contribution < 1.29 is 4.79 Å². The molecule has 1 aliphatic rings. The van der Waals surface area contributed by atoms with Crippen molar-refractivity contribution in [3.8, 4) is 0 Å². The number of carbonyl (C=O) groups is 1. The molecule has 2 atom stereocenters. The van der Waals surface area contributed by atoms with Crippen LogP contribution in [0.25, 0.3) is 0 Å². The fourth-order valence-corrected chi connectivity index (χ4v) is 3.63. The van der Waals surface area contributed by atoms with E-state index < -0.39 is 0 Å². The third-order valence-corrected chi connectivity index (χ3v) is 4.74. The number of hydrogen-bond donors (Lipinski definition) is 1. The Balaban J connectivity index is 1.79. The zero-order valence-corrected chi connectivity index (χ0v) is 13.0. The van der Waals surface area contributed by atoms with Crippen LogP contribution in [0.4, 0.5) is 0 Å². The van der Waals surface area contributed by atoms with Crippen molar-refractivity contribution in [1.82, 2.24) is 10.2 Å². The number of hydrogen-bond acceptors (Lipinski definition) is 3. The van der Waals surface area contributed by atoms with E-state index in [0.29, 0.717) is 0 Å². The SMILES string of the molecule is CCCN1C(=O)C(Cc2ccccc2)NC1c1cccs1. The van der Waals surface area contributed by atoms with Gasteiger partial charge in [-0.15, -0.1) is 11.3 Å². The van der Waals surface area contributed by atoms with Crippen molar-refractivity contribution in [2.24, 2.45) is 0 Å². The molecule has 1 N–H and O–H groups in total. The van der Waals surface area contributed by atoms with Gasteiger partial charge in [-0.05, 0) is 29.9 Å². The molecule has 1 amide bonds. The molecule has 1 aromatic heterocycles. The van der Waals surface area contributed by atoms with Crippen LogP contribution in [-0.4, -0.2) is 23.4 Å². The lowest BCUT2D eigenvalue weighted by molar-refractivity contribution is -0.130. The standard InChI is InChI=1S/C17H20N2OS/c1-2-10-19-16(15-9-6-11-21-15)18-14(17(19)20)12-13-7-4-3-5-8-13/h3-9,11,14,16,18H,2,10,12H2,1H3. The van der Waals surface area contributed by atoms with Gasteiger partial charge in [0.2, 0.25) is 5.91 Å². The monoisotopic (exact) mass is 300 g/mol. The minimum Gasteiger partial charge on any atom is -0.321 e. The summed E-state index contributed by atoms with van der Waals surface area (Å²) in [4.78, 5) is 15.9. The largest absolute Gasteiger partial charge is 0.321 e. The van der Waals surface area contributed by atoms with Gasteiger partial charge in [-0.25, -0.2) is 0 Å². The van der Waals surface area contributed by atoms with E-state index in [9.17, 15) is 4.79 Å². The second-order valence-corrected chi connectivity index (χ2v) is 6.34. The fraction of sp³-hybridized carbons (Fsp3) is 0.353. The summed E-state index contributed by atoms with van der Waals surface area (Å²) in [5, 5.41) is 5.58. The first kappa shape index (κ1) is 14.3. The van der Waals surface area contributed by atoms with Gasteiger partial charge in [0.25, 0.3) is 0 Å². The van der Waals surface area contributed by atoms with Crippen LogP contribution in [-0.2, 0) is 11.2 Å². The van der Waals surface area contributed by atoms with E-state index in [1.807, 2.05) is 29.2 Å². The summed E-state index contributed by atoms with van der Waals surface area (Å²) < 4.78 is 0. The molecule has 1 aromatic carbocycles. The van der Waals surface area contributed by atoms with E-state index >= 15 is 0 Å². The van der Waals surface area contributed by atoms with Crippen molar-refractivity contribution in [3.05, 3.63) is 58.3 Å². The molecule has 0 bridgehead atoms. The molecule has 1 aliphatic heterocycles. The van der Waals surface area contributed by atoms with Gasteiger partial charge in [0.05, 0.1) is 6.04 Å². The first-order chi connectivity index (χ1) is 10.3. The van der Waals surface area contributed by atoms with Crippen LogP contribution < -0.4 is 5.32 Å². The Bertz CT molecular complexity index is 582. The first-order valence-electron chi connectivity index (χ1n) is 7.43. The van der Waals surface area contributed by atoms with Crippen molar-refractivity contribution in [1.29, 1.82) is 0 Å². The molecule has 0 radical (unpaired) electrons. The highest BCUT2D eigenvalue weighted by Crippen LogP contribution is 2.29. The van der Waals surface area contributed by atoms with Gasteiger partial charge in [0.15, 0.2) is 0 Å². The van der Waals surface area contributed by atoms with Crippen LogP contribution in [0.3, 0.4) is 0 Å². The van der Waals surface area contributed by atoms with Gasteiger partial charge in [-0.1, -0.05) is 43.3 Å². The molecule has 1 saturated heterocycles. The number of thiophene rings is 1. The Morgan fingerprint density at radius 1 is 1.19 bits per heavy atom. The highest BCUT2D eigenvalue weighted by atomic mass is 32.1. The van der Waals surface area contributed by atoms with E-state index in [1.54, 1.807) is 11.3 Å². The summed E-state index contributed by atoms with van der Waals surface area (Å²) in [6.45, 7) is 2.92. The van der Waals surface area contributed by atoms with Gasteiger partial charge < -0.3 is 4.90 Å². The molecule has 2 unspecified atom stereocenters. The second-order valence-electron chi connectivity index (χ2n) is 5.36. The number of nitrogens with zero attached hydrogens (tertiary/aromatic N) is 1. The molecule has 0 aliphatic carbocycles. The van der Waals surface area contributed by atoms with Crippen molar-refractivity contribution >= 4 is 17.2 Å². The summed E-state index contributed by atoms with van der Waals surface area (Å²) in [7, 11) is 0. The Hall–Kier alpha value is -1.65. The minimum absolute atomic E-state index is 0.0335. The van der Waals surface area contributed by atoms with Crippen molar-refractivity contribution in [2.45, 2.75) is 32.0 Å². The van der Waals surface area contributed by atoms with Gasteiger partial charge in [0, 0.05) is 11.4 Å². The van der Waals surface area contributed by atoms with Crippen LogP contribution >= 0.6 is 11.3 Å². The molecule has 110 valence electrons. The summed E-state index contributed by atoms with van der Waals surface area (Å²) in [5.74, 6) is 0.221. The smallest absolute Gasteiger partial charge is 0.241 e. The number of nitrogens with one attached hydrogen (secondary N) is 1. The van der Waals surface area contributed by atoms with Gasteiger partial charge >= 0.3 is 0 Å². The highest BCUT2D eigenvalue weighted by Gasteiger charge is 2.39. The molecule has 0 saturated carbocycles. The molecule has 1 fully saturated rings. The number of carbonyl (C=O) groups excluding carboxylic acids is 1. The molecule has 2 aromatic rings. The molecular weight excluding hydrogens is 280 g/mol. The molecule has 0 spiro atoms. The van der Waals surface area contributed by atoms with E-state index in [0.717, 1.165) is 19.4 Å². The molecule has 21 heavy (non-hydrogen) atoms. The van der Waals surface area contributed by atoms with Crippen LogP contribution in [0, 0.1) is 0 Å². The predicted molar refractivity (Wildman–Crippen MR) is 86.1 cm³/mol. The number of benzene rings is 1. The molecule has 3 rings (SSSR count). The molecule has 4 heteroatoms. The zero-order chi connectivity index (χ0) is 14.7. The average molecular weight is 300 g/mol. The Morgan fingerprint density at radius 2 is 2.00 bits per heavy atom. The van der Waals surface area contributed by atoms with Crippen LogP contribution in [0.5, 0.6) is 0 Å². The molecule has 2 heterocycles. The highest BCUT2D eigenvalue weighted by molar-refractivity contribution is 7.10. The number of amides is 1. The summed E-state index contributed by atoms with van der Waals surface area (Å²) in [6, 6.07) is 14.2. The van der Waals surface area contributed by atoms with Crippen molar-refractivity contribution in [3.63, 3.8) is 0 Å². The average Bonchev–Trinajstić information content (AvgIpc) is 3.12. The van der Waals surface area contributed by atoms with Crippen LogP contribution in [0.2, 0.25) is 0 Å². The summed E-state index contributed by atoms with van der Waals surface area (Å²) >= 11 is 1.70. The third-order valence-electron chi connectivity index (χ3n) is 3.81. The van der Waals surface area contributed by atoms with E-state index in [4.69, 9.17) is 0 Å². The lowest BCUT2D eigenvalue weighted by atomic mass is 10.1. The normalized spacial score (nSPS) is 22.0. The van der Waals surface area contributed by atoms with E-state index in [1.165, 1.54) is 10.4 Å². The Morgan fingerprint density at radius 3 is 2.67 bits per heavy atom. The topological polar surface area (TPSA) is 32.3 Å². The lowest BCUT2D eigenvalue weighted by Gasteiger charge is -2.22. The summed E-state index contributed by atoms with van der Waals surface area (Å²) in [5.41, 5.74) is 1.20. The van der Waals surface area contributed by atoms with Gasteiger partial charge in [-0.3, -0.25) is 10.1 Å². The predicted octanol–water partition coefficient (Wildman–Crippen LogP) is 3.20. The first-order valence-corrected chi connectivity index (χ1v) is 8.31. The second kappa shape index (κ2) is 6.41. The maximum atomic E-state index is 12.7. The van der Waals surface area contributed by atoms with Crippen LogP contribution in [0.1, 0.15) is 30.0 Å². The molecule has 3 nitrogen and oxygen atoms in total. The minimum atomic E-state index is -0.119. The van der Waals surface area contributed by atoms with E-state index in [-0.39, 0.29) is 18.1 Å².